The van der Waals surface area contributed by atoms with Crippen molar-refractivity contribution in [3.63, 3.8) is 0 Å². The monoisotopic (exact) mass is 332 g/mol. The highest BCUT2D eigenvalue weighted by Gasteiger charge is 2.55. The maximum atomic E-state index is 12.6. The van der Waals surface area contributed by atoms with Crippen LogP contribution >= 0.6 is 0 Å². The normalized spacial score (nSPS) is 25.5. The van der Waals surface area contributed by atoms with Gasteiger partial charge in [0.2, 0.25) is 0 Å². The van der Waals surface area contributed by atoms with Crippen LogP contribution in [-0.2, 0) is 4.79 Å². The molecule has 0 spiro atoms. The Morgan fingerprint density at radius 2 is 2.12 bits per heavy atom. The van der Waals surface area contributed by atoms with Gasteiger partial charge in [-0.05, 0) is 44.2 Å². The standard InChI is InChI=1S/C18H24N2O4/c1-11-6-7-14(12(2)15(11)24-3)19-17(23)20-9-13-5-4-8-18(13,10-20)16(21)22/h6-7,13H,4-5,8-10H2,1-3H3,(H,19,23)(H,21,22)/t13-,18+/m0/s1. The lowest BCUT2D eigenvalue weighted by molar-refractivity contribution is -0.149. The summed E-state index contributed by atoms with van der Waals surface area (Å²) in [6, 6.07) is 3.52. The first-order valence-corrected chi connectivity index (χ1v) is 8.32. The molecule has 0 aromatic heterocycles. The second kappa shape index (κ2) is 6.00. The number of nitrogens with one attached hydrogen (secondary N) is 1. The van der Waals surface area contributed by atoms with Gasteiger partial charge in [0.25, 0.3) is 0 Å². The Morgan fingerprint density at radius 1 is 1.38 bits per heavy atom. The molecule has 2 amide bonds. The second-order valence-corrected chi connectivity index (χ2v) is 6.95. The number of amides is 2. The Kier molecular flexibility index (Phi) is 4.15. The summed E-state index contributed by atoms with van der Waals surface area (Å²) in [5, 5.41) is 12.5. The summed E-state index contributed by atoms with van der Waals surface area (Å²) in [6.45, 7) is 4.66. The minimum absolute atomic E-state index is 0.0643. The topological polar surface area (TPSA) is 78.9 Å². The maximum Gasteiger partial charge on any atom is 0.321 e. The van der Waals surface area contributed by atoms with Gasteiger partial charge < -0.3 is 20.1 Å². The zero-order chi connectivity index (χ0) is 17.5. The first kappa shape index (κ1) is 16.6. The molecule has 6 nitrogen and oxygen atoms in total. The number of nitrogens with zero attached hydrogens (tertiary/aromatic N) is 1. The second-order valence-electron chi connectivity index (χ2n) is 6.95. The zero-order valence-corrected chi connectivity index (χ0v) is 14.4. The van der Waals surface area contributed by atoms with E-state index in [1.165, 1.54) is 0 Å². The molecule has 1 heterocycles. The zero-order valence-electron chi connectivity index (χ0n) is 14.4. The number of carbonyl (C=O) groups excluding carboxylic acids is 1. The Bertz CT molecular complexity index is 688. The summed E-state index contributed by atoms with van der Waals surface area (Å²) in [5.74, 6) is 0.0518. The van der Waals surface area contributed by atoms with Gasteiger partial charge in [0.15, 0.2) is 0 Å². The van der Waals surface area contributed by atoms with E-state index in [0.29, 0.717) is 25.2 Å². The molecule has 1 saturated carbocycles. The van der Waals surface area contributed by atoms with Crippen molar-refractivity contribution in [2.75, 3.05) is 25.5 Å². The van der Waals surface area contributed by atoms with Gasteiger partial charge in [-0.15, -0.1) is 0 Å². The smallest absolute Gasteiger partial charge is 0.321 e. The van der Waals surface area contributed by atoms with E-state index in [0.717, 1.165) is 29.7 Å². The summed E-state index contributed by atoms with van der Waals surface area (Å²) >= 11 is 0. The lowest BCUT2D eigenvalue weighted by Gasteiger charge is -2.23. The molecule has 0 bridgehead atoms. The van der Waals surface area contributed by atoms with Crippen molar-refractivity contribution >= 4 is 17.7 Å². The highest BCUT2D eigenvalue weighted by Crippen LogP contribution is 2.49. The fourth-order valence-corrected chi connectivity index (χ4v) is 4.26. The summed E-state index contributed by atoms with van der Waals surface area (Å²) < 4.78 is 5.39. The van der Waals surface area contributed by atoms with Gasteiger partial charge in [0.05, 0.1) is 12.5 Å². The first-order chi connectivity index (χ1) is 11.4. The Morgan fingerprint density at radius 3 is 2.75 bits per heavy atom. The van der Waals surface area contributed by atoms with Gasteiger partial charge in [-0.25, -0.2) is 4.79 Å². The molecular weight excluding hydrogens is 308 g/mol. The van der Waals surface area contributed by atoms with E-state index in [-0.39, 0.29) is 11.9 Å². The van der Waals surface area contributed by atoms with E-state index in [1.807, 2.05) is 26.0 Å². The van der Waals surface area contributed by atoms with Crippen LogP contribution in [0, 0.1) is 25.2 Å². The van der Waals surface area contributed by atoms with E-state index < -0.39 is 11.4 Å². The van der Waals surface area contributed by atoms with Crippen LogP contribution in [0.25, 0.3) is 0 Å². The van der Waals surface area contributed by atoms with Crippen molar-refractivity contribution < 1.29 is 19.4 Å². The predicted molar refractivity (Wildman–Crippen MR) is 90.5 cm³/mol. The van der Waals surface area contributed by atoms with E-state index >= 15 is 0 Å². The highest BCUT2D eigenvalue weighted by molar-refractivity contribution is 5.92. The molecule has 1 saturated heterocycles. The van der Waals surface area contributed by atoms with Crippen molar-refractivity contribution in [2.45, 2.75) is 33.1 Å². The van der Waals surface area contributed by atoms with Crippen molar-refractivity contribution in [1.82, 2.24) is 4.90 Å². The van der Waals surface area contributed by atoms with Crippen LogP contribution < -0.4 is 10.1 Å². The molecule has 0 unspecified atom stereocenters. The largest absolute Gasteiger partial charge is 0.496 e. The van der Waals surface area contributed by atoms with E-state index in [1.54, 1.807) is 12.0 Å². The van der Waals surface area contributed by atoms with E-state index in [9.17, 15) is 14.7 Å². The van der Waals surface area contributed by atoms with Gasteiger partial charge in [0, 0.05) is 24.3 Å². The fourth-order valence-electron chi connectivity index (χ4n) is 4.26. The molecule has 1 aliphatic carbocycles. The van der Waals surface area contributed by atoms with Gasteiger partial charge in [-0.1, -0.05) is 12.5 Å². The molecule has 2 N–H and O–H groups in total. The molecular formula is C18H24N2O4. The number of hydrogen-bond donors (Lipinski definition) is 2. The number of rotatable bonds is 3. The summed E-state index contributed by atoms with van der Waals surface area (Å²) in [4.78, 5) is 26.0. The number of hydrogen-bond acceptors (Lipinski definition) is 3. The number of carboxylic acids is 1. The summed E-state index contributed by atoms with van der Waals surface area (Å²) in [6.07, 6.45) is 2.47. The molecule has 1 aromatic rings. The lowest BCUT2D eigenvalue weighted by Crippen LogP contribution is -2.38. The van der Waals surface area contributed by atoms with Gasteiger partial charge in [0.1, 0.15) is 5.75 Å². The average molecular weight is 332 g/mol. The molecule has 2 atom stereocenters. The van der Waals surface area contributed by atoms with Crippen LogP contribution in [0.3, 0.4) is 0 Å². The Labute approximate surface area is 141 Å². The average Bonchev–Trinajstić information content (AvgIpc) is 3.08. The highest BCUT2D eigenvalue weighted by atomic mass is 16.5. The molecule has 1 aliphatic heterocycles. The Hall–Kier alpha value is -2.24. The SMILES string of the molecule is COc1c(C)ccc(NC(=O)N2C[C@@H]3CCC[C@@]3(C(=O)O)C2)c1C. The van der Waals surface area contributed by atoms with Gasteiger partial charge in [-0.2, -0.15) is 0 Å². The minimum atomic E-state index is -0.770. The number of anilines is 1. The fraction of sp³-hybridized carbons (Fsp3) is 0.556. The number of ether oxygens (including phenoxy) is 1. The number of carboxylic acid groups (broad SMARTS) is 1. The van der Waals surface area contributed by atoms with Crippen LogP contribution in [0.1, 0.15) is 30.4 Å². The molecule has 0 radical (unpaired) electrons. The minimum Gasteiger partial charge on any atom is -0.496 e. The number of fused-ring (bicyclic) bond motifs is 1. The first-order valence-electron chi connectivity index (χ1n) is 8.32. The van der Waals surface area contributed by atoms with E-state index in [2.05, 4.69) is 5.32 Å². The molecule has 3 rings (SSSR count). The van der Waals surface area contributed by atoms with E-state index in [4.69, 9.17) is 4.74 Å². The van der Waals surface area contributed by atoms with Crippen molar-refractivity contribution in [3.05, 3.63) is 23.3 Å². The Balaban J connectivity index is 1.77. The molecule has 24 heavy (non-hydrogen) atoms. The number of aliphatic carboxylic acids is 1. The van der Waals surface area contributed by atoms with Crippen molar-refractivity contribution in [1.29, 1.82) is 0 Å². The third-order valence-corrected chi connectivity index (χ3v) is 5.63. The molecule has 1 aromatic carbocycles. The number of aryl methyl sites for hydroxylation is 1. The van der Waals surface area contributed by atoms with Gasteiger partial charge in [-0.3, -0.25) is 4.79 Å². The summed E-state index contributed by atoms with van der Waals surface area (Å²) in [7, 11) is 1.61. The van der Waals surface area contributed by atoms with Crippen LogP contribution in [0.15, 0.2) is 12.1 Å². The molecule has 130 valence electrons. The van der Waals surface area contributed by atoms with Crippen molar-refractivity contribution in [2.24, 2.45) is 11.3 Å². The lowest BCUT2D eigenvalue weighted by atomic mass is 9.81. The summed E-state index contributed by atoms with van der Waals surface area (Å²) in [5.41, 5.74) is 1.83. The third-order valence-electron chi connectivity index (χ3n) is 5.63. The van der Waals surface area contributed by atoms with Crippen LogP contribution in [0.5, 0.6) is 5.75 Å². The molecule has 6 heteroatoms. The number of likely N-dealkylation sites (tertiary alicyclic amines) is 1. The molecule has 2 fully saturated rings. The number of urea groups is 1. The quantitative estimate of drug-likeness (QED) is 0.892. The van der Waals surface area contributed by atoms with Gasteiger partial charge >= 0.3 is 12.0 Å². The predicted octanol–water partition coefficient (Wildman–Crippen LogP) is 3.03. The number of benzene rings is 1. The van der Waals surface area contributed by atoms with Crippen LogP contribution in [-0.4, -0.2) is 42.2 Å². The number of methoxy groups -OCH3 is 1. The van der Waals surface area contributed by atoms with Crippen LogP contribution in [0.4, 0.5) is 10.5 Å². The maximum absolute atomic E-state index is 12.6. The van der Waals surface area contributed by atoms with Crippen LogP contribution in [0.2, 0.25) is 0 Å². The third kappa shape index (κ3) is 2.50. The van der Waals surface area contributed by atoms with Crippen molar-refractivity contribution in [3.8, 4) is 5.75 Å². The number of carbonyl (C=O) groups is 2. The molecule has 2 aliphatic rings.